The standard InChI is InChI=1S/C17H22N2S/c1-5-16(18-4)14-6-8-15(9-7-14)20-17-11-12(2)10-13(3)19-17/h6-11,16,18H,5H2,1-4H3. The molecule has 1 N–H and O–H groups in total. The summed E-state index contributed by atoms with van der Waals surface area (Å²) in [7, 11) is 2.01. The quantitative estimate of drug-likeness (QED) is 0.874. The van der Waals surface area contributed by atoms with Crippen LogP contribution in [0.1, 0.15) is 36.2 Å². The Morgan fingerprint density at radius 1 is 1.15 bits per heavy atom. The monoisotopic (exact) mass is 286 g/mol. The topological polar surface area (TPSA) is 24.9 Å². The molecule has 0 aliphatic carbocycles. The van der Waals surface area contributed by atoms with Crippen molar-refractivity contribution in [2.75, 3.05) is 7.05 Å². The lowest BCUT2D eigenvalue weighted by atomic mass is 10.1. The Bertz CT molecular complexity index is 539. The van der Waals surface area contributed by atoms with E-state index in [0.29, 0.717) is 6.04 Å². The largest absolute Gasteiger partial charge is 0.313 e. The lowest BCUT2D eigenvalue weighted by molar-refractivity contribution is 0.576. The Morgan fingerprint density at radius 2 is 1.85 bits per heavy atom. The van der Waals surface area contributed by atoms with E-state index in [1.165, 1.54) is 16.0 Å². The first-order valence-corrected chi connectivity index (χ1v) is 7.84. The smallest absolute Gasteiger partial charge is 0.101 e. The van der Waals surface area contributed by atoms with Gasteiger partial charge in [0.25, 0.3) is 0 Å². The lowest BCUT2D eigenvalue weighted by Crippen LogP contribution is -2.14. The molecule has 0 spiro atoms. The number of hydrogen-bond acceptors (Lipinski definition) is 3. The van der Waals surface area contributed by atoms with E-state index in [-0.39, 0.29) is 0 Å². The van der Waals surface area contributed by atoms with E-state index in [1.54, 1.807) is 11.8 Å². The summed E-state index contributed by atoms with van der Waals surface area (Å²) in [6, 6.07) is 13.4. The van der Waals surface area contributed by atoms with Gasteiger partial charge in [0, 0.05) is 16.6 Å². The molecule has 2 nitrogen and oxygen atoms in total. The van der Waals surface area contributed by atoms with E-state index in [4.69, 9.17) is 0 Å². The van der Waals surface area contributed by atoms with Crippen molar-refractivity contribution in [2.45, 2.75) is 43.2 Å². The normalized spacial score (nSPS) is 12.4. The first kappa shape index (κ1) is 15.1. The van der Waals surface area contributed by atoms with Crippen LogP contribution in [0.25, 0.3) is 0 Å². The molecule has 0 fully saturated rings. The number of nitrogens with zero attached hydrogens (tertiary/aromatic N) is 1. The zero-order valence-electron chi connectivity index (χ0n) is 12.6. The van der Waals surface area contributed by atoms with E-state index in [1.807, 2.05) is 14.0 Å². The fourth-order valence-electron chi connectivity index (χ4n) is 2.35. The Hall–Kier alpha value is -1.32. The Morgan fingerprint density at radius 3 is 2.40 bits per heavy atom. The van der Waals surface area contributed by atoms with Gasteiger partial charge < -0.3 is 5.32 Å². The van der Waals surface area contributed by atoms with Gasteiger partial charge in [-0.2, -0.15) is 0 Å². The van der Waals surface area contributed by atoms with Crippen molar-refractivity contribution in [2.24, 2.45) is 0 Å². The molecule has 1 unspecified atom stereocenters. The van der Waals surface area contributed by atoms with Gasteiger partial charge in [-0.1, -0.05) is 30.8 Å². The number of aryl methyl sites for hydroxylation is 2. The van der Waals surface area contributed by atoms with Gasteiger partial charge in [-0.25, -0.2) is 4.98 Å². The van der Waals surface area contributed by atoms with Crippen LogP contribution in [0.15, 0.2) is 46.3 Å². The Kier molecular flexibility index (Phi) is 5.21. The third-order valence-electron chi connectivity index (χ3n) is 3.34. The molecule has 1 atom stereocenters. The fraction of sp³-hybridized carbons (Fsp3) is 0.353. The second-order valence-corrected chi connectivity index (χ2v) is 6.14. The molecule has 0 aliphatic heterocycles. The minimum absolute atomic E-state index is 0.438. The highest BCUT2D eigenvalue weighted by Gasteiger charge is 2.07. The molecular formula is C17H22N2S. The lowest BCUT2D eigenvalue weighted by Gasteiger charge is -2.14. The fourth-order valence-corrected chi connectivity index (χ4v) is 3.30. The van der Waals surface area contributed by atoms with Gasteiger partial charge in [-0.3, -0.25) is 0 Å². The molecule has 20 heavy (non-hydrogen) atoms. The maximum atomic E-state index is 4.57. The molecule has 2 aromatic rings. The van der Waals surface area contributed by atoms with Gasteiger partial charge in [0.1, 0.15) is 5.03 Å². The minimum Gasteiger partial charge on any atom is -0.313 e. The molecular weight excluding hydrogens is 264 g/mol. The van der Waals surface area contributed by atoms with Crippen molar-refractivity contribution in [1.82, 2.24) is 10.3 Å². The van der Waals surface area contributed by atoms with Crippen molar-refractivity contribution >= 4 is 11.8 Å². The van der Waals surface area contributed by atoms with E-state index >= 15 is 0 Å². The number of benzene rings is 1. The maximum Gasteiger partial charge on any atom is 0.101 e. The third kappa shape index (κ3) is 3.84. The van der Waals surface area contributed by atoms with Crippen LogP contribution in [0, 0.1) is 13.8 Å². The van der Waals surface area contributed by atoms with E-state index in [2.05, 4.69) is 60.5 Å². The molecule has 0 saturated heterocycles. The van der Waals surface area contributed by atoms with Crippen LogP contribution in [-0.2, 0) is 0 Å². The van der Waals surface area contributed by atoms with Crippen molar-refractivity contribution in [3.8, 4) is 0 Å². The van der Waals surface area contributed by atoms with E-state index < -0.39 is 0 Å². The molecule has 0 saturated carbocycles. The summed E-state index contributed by atoms with van der Waals surface area (Å²) < 4.78 is 0. The van der Waals surface area contributed by atoms with Gasteiger partial charge >= 0.3 is 0 Å². The summed E-state index contributed by atoms with van der Waals surface area (Å²) in [6.07, 6.45) is 1.10. The van der Waals surface area contributed by atoms with Crippen molar-refractivity contribution < 1.29 is 0 Å². The average molecular weight is 286 g/mol. The number of nitrogens with one attached hydrogen (secondary N) is 1. The average Bonchev–Trinajstić information content (AvgIpc) is 2.41. The first-order valence-electron chi connectivity index (χ1n) is 7.02. The van der Waals surface area contributed by atoms with Crippen LogP contribution in [0.2, 0.25) is 0 Å². The number of pyridine rings is 1. The van der Waals surface area contributed by atoms with E-state index in [0.717, 1.165) is 17.1 Å². The molecule has 0 radical (unpaired) electrons. The predicted molar refractivity (Wildman–Crippen MR) is 86.4 cm³/mol. The summed E-state index contributed by atoms with van der Waals surface area (Å²) in [5.41, 5.74) is 3.68. The number of hydrogen-bond donors (Lipinski definition) is 1. The van der Waals surface area contributed by atoms with Crippen molar-refractivity contribution in [3.05, 3.63) is 53.2 Å². The second-order valence-electron chi connectivity index (χ2n) is 5.04. The number of aromatic nitrogens is 1. The first-order chi connectivity index (χ1) is 9.62. The molecule has 0 amide bonds. The summed E-state index contributed by atoms with van der Waals surface area (Å²) in [6.45, 7) is 6.35. The van der Waals surface area contributed by atoms with Crippen LogP contribution in [0.5, 0.6) is 0 Å². The number of rotatable bonds is 5. The molecule has 0 aliphatic rings. The van der Waals surface area contributed by atoms with Crippen LogP contribution < -0.4 is 5.32 Å². The molecule has 1 heterocycles. The van der Waals surface area contributed by atoms with Crippen LogP contribution in [-0.4, -0.2) is 12.0 Å². The van der Waals surface area contributed by atoms with Gasteiger partial charge in [0.2, 0.25) is 0 Å². The Balaban J connectivity index is 2.14. The highest BCUT2D eigenvalue weighted by atomic mass is 32.2. The third-order valence-corrected chi connectivity index (χ3v) is 4.26. The molecule has 1 aromatic heterocycles. The summed E-state index contributed by atoms with van der Waals surface area (Å²) >= 11 is 1.72. The van der Waals surface area contributed by atoms with Crippen LogP contribution in [0.4, 0.5) is 0 Å². The van der Waals surface area contributed by atoms with Gasteiger partial charge in [-0.15, -0.1) is 0 Å². The SMILES string of the molecule is CCC(NC)c1ccc(Sc2cc(C)cc(C)n2)cc1. The zero-order chi connectivity index (χ0) is 14.5. The zero-order valence-corrected chi connectivity index (χ0v) is 13.4. The predicted octanol–water partition coefficient (Wildman–Crippen LogP) is 4.52. The van der Waals surface area contributed by atoms with Crippen LogP contribution >= 0.6 is 11.8 Å². The molecule has 3 heteroatoms. The molecule has 1 aromatic carbocycles. The summed E-state index contributed by atoms with van der Waals surface area (Å²) in [5, 5.41) is 4.40. The molecule has 106 valence electrons. The molecule has 0 bridgehead atoms. The summed E-state index contributed by atoms with van der Waals surface area (Å²) in [5.74, 6) is 0. The maximum absolute atomic E-state index is 4.57. The summed E-state index contributed by atoms with van der Waals surface area (Å²) in [4.78, 5) is 5.80. The van der Waals surface area contributed by atoms with Crippen molar-refractivity contribution in [3.63, 3.8) is 0 Å². The van der Waals surface area contributed by atoms with Gasteiger partial charge in [0.05, 0.1) is 0 Å². The van der Waals surface area contributed by atoms with Gasteiger partial charge in [-0.05, 0) is 62.7 Å². The van der Waals surface area contributed by atoms with Gasteiger partial charge in [0.15, 0.2) is 0 Å². The Labute approximate surface area is 126 Å². The van der Waals surface area contributed by atoms with E-state index in [9.17, 15) is 0 Å². The highest BCUT2D eigenvalue weighted by Crippen LogP contribution is 2.28. The minimum atomic E-state index is 0.438. The second kappa shape index (κ2) is 6.91. The van der Waals surface area contributed by atoms with Crippen LogP contribution in [0.3, 0.4) is 0 Å². The molecule has 2 rings (SSSR count). The van der Waals surface area contributed by atoms with Crippen molar-refractivity contribution in [1.29, 1.82) is 0 Å². The highest BCUT2D eigenvalue weighted by molar-refractivity contribution is 7.99.